The maximum absolute atomic E-state index is 10.4. The molecule has 0 spiro atoms. The lowest BCUT2D eigenvalue weighted by Gasteiger charge is -2.21. The summed E-state index contributed by atoms with van der Waals surface area (Å²) in [6.45, 7) is 7.43. The normalized spacial score (nSPS) is 14.8. The number of unbranched alkanes of at least 4 members (excludes halogenated alkanes) is 1. The van der Waals surface area contributed by atoms with Crippen molar-refractivity contribution in [1.29, 1.82) is 0 Å². The largest absolute Gasteiger partial charge is 0.385 e. The van der Waals surface area contributed by atoms with Crippen LogP contribution in [-0.2, 0) is 6.54 Å². The van der Waals surface area contributed by atoms with Gasteiger partial charge >= 0.3 is 0 Å². The molecule has 2 unspecified atom stereocenters. The van der Waals surface area contributed by atoms with Crippen LogP contribution in [0.25, 0.3) is 0 Å². The van der Waals surface area contributed by atoms with Gasteiger partial charge in [0.05, 0.1) is 0 Å². The second-order valence-electron chi connectivity index (χ2n) is 4.73. The first-order chi connectivity index (χ1) is 8.24. The molecule has 3 heteroatoms. The first-order valence-corrected chi connectivity index (χ1v) is 6.93. The minimum Gasteiger partial charge on any atom is -0.385 e. The van der Waals surface area contributed by atoms with Gasteiger partial charge in [-0.1, -0.05) is 40.0 Å². The van der Waals surface area contributed by atoms with Crippen molar-refractivity contribution in [3.63, 3.8) is 0 Å². The average Bonchev–Trinajstić information content (AvgIpc) is 2.78. The number of imidazole rings is 1. The maximum Gasteiger partial charge on any atom is 0.137 e. The van der Waals surface area contributed by atoms with Gasteiger partial charge in [-0.25, -0.2) is 4.98 Å². The summed E-state index contributed by atoms with van der Waals surface area (Å²) in [5, 5.41) is 10.4. The van der Waals surface area contributed by atoms with Crippen molar-refractivity contribution in [2.45, 2.75) is 65.5 Å². The molecule has 17 heavy (non-hydrogen) atoms. The van der Waals surface area contributed by atoms with E-state index in [1.807, 2.05) is 6.20 Å². The summed E-state index contributed by atoms with van der Waals surface area (Å²) >= 11 is 0. The molecule has 0 aliphatic rings. The van der Waals surface area contributed by atoms with Gasteiger partial charge < -0.3 is 9.67 Å². The maximum atomic E-state index is 10.4. The fourth-order valence-corrected chi connectivity index (χ4v) is 2.28. The average molecular weight is 238 g/mol. The van der Waals surface area contributed by atoms with E-state index in [0.29, 0.717) is 5.92 Å². The molecular formula is C14H26N2O. The second kappa shape index (κ2) is 7.49. The number of aromatic nitrogens is 2. The molecule has 0 fully saturated rings. The van der Waals surface area contributed by atoms with Gasteiger partial charge in [-0.05, 0) is 18.8 Å². The van der Waals surface area contributed by atoms with Crippen molar-refractivity contribution >= 4 is 0 Å². The van der Waals surface area contributed by atoms with E-state index in [9.17, 15) is 5.11 Å². The van der Waals surface area contributed by atoms with Crippen LogP contribution in [0.4, 0.5) is 0 Å². The third-order valence-corrected chi connectivity index (χ3v) is 3.38. The Bertz CT molecular complexity index is 309. The molecule has 1 aromatic heterocycles. The Balaban J connectivity index is 2.70. The molecule has 1 rings (SSSR count). The van der Waals surface area contributed by atoms with Crippen LogP contribution in [0.15, 0.2) is 12.4 Å². The van der Waals surface area contributed by atoms with E-state index in [-0.39, 0.29) is 0 Å². The van der Waals surface area contributed by atoms with Crippen LogP contribution in [-0.4, -0.2) is 14.7 Å². The molecule has 0 aliphatic carbocycles. The van der Waals surface area contributed by atoms with Crippen molar-refractivity contribution in [3.05, 3.63) is 18.2 Å². The zero-order chi connectivity index (χ0) is 12.7. The molecule has 1 N–H and O–H groups in total. The fourth-order valence-electron chi connectivity index (χ4n) is 2.28. The molecule has 98 valence electrons. The van der Waals surface area contributed by atoms with E-state index in [0.717, 1.165) is 31.6 Å². The van der Waals surface area contributed by atoms with E-state index in [1.165, 1.54) is 12.8 Å². The third kappa shape index (κ3) is 3.84. The number of nitrogens with zero attached hydrogens (tertiary/aromatic N) is 2. The van der Waals surface area contributed by atoms with Crippen molar-refractivity contribution in [2.75, 3.05) is 0 Å². The standard InChI is InChI=1S/C14H26N2O/c1-4-7-8-12(6-3)13(17)14-15-9-11-16(14)10-5-2/h9,11-13,17H,4-8,10H2,1-3H3. The molecule has 0 aliphatic heterocycles. The Morgan fingerprint density at radius 2 is 2.06 bits per heavy atom. The van der Waals surface area contributed by atoms with E-state index in [1.54, 1.807) is 6.20 Å². The minimum absolute atomic E-state index is 0.341. The molecular weight excluding hydrogens is 212 g/mol. The Morgan fingerprint density at radius 3 is 2.65 bits per heavy atom. The van der Waals surface area contributed by atoms with Crippen LogP contribution in [0.5, 0.6) is 0 Å². The third-order valence-electron chi connectivity index (χ3n) is 3.38. The van der Waals surface area contributed by atoms with Gasteiger partial charge in [0.25, 0.3) is 0 Å². The van der Waals surface area contributed by atoms with Crippen LogP contribution in [0, 0.1) is 5.92 Å². The molecule has 2 atom stereocenters. The number of aliphatic hydroxyl groups excluding tert-OH is 1. The van der Waals surface area contributed by atoms with Gasteiger partial charge in [-0.3, -0.25) is 0 Å². The Morgan fingerprint density at radius 1 is 1.29 bits per heavy atom. The monoisotopic (exact) mass is 238 g/mol. The molecule has 1 heterocycles. The lowest BCUT2D eigenvalue weighted by molar-refractivity contribution is 0.0870. The van der Waals surface area contributed by atoms with Crippen LogP contribution >= 0.6 is 0 Å². The molecule has 0 aromatic carbocycles. The molecule has 0 amide bonds. The number of rotatable bonds is 8. The molecule has 3 nitrogen and oxygen atoms in total. The zero-order valence-corrected chi connectivity index (χ0v) is 11.4. The van der Waals surface area contributed by atoms with Gasteiger partial charge in [0, 0.05) is 18.9 Å². The molecule has 0 bridgehead atoms. The summed E-state index contributed by atoms with van der Waals surface area (Å²) in [6, 6.07) is 0. The van der Waals surface area contributed by atoms with E-state index in [2.05, 4.69) is 30.3 Å². The second-order valence-corrected chi connectivity index (χ2v) is 4.73. The van der Waals surface area contributed by atoms with Gasteiger partial charge in [-0.15, -0.1) is 0 Å². The number of hydrogen-bond acceptors (Lipinski definition) is 2. The van der Waals surface area contributed by atoms with Gasteiger partial charge in [-0.2, -0.15) is 0 Å². The van der Waals surface area contributed by atoms with Crippen molar-refractivity contribution in [1.82, 2.24) is 9.55 Å². The summed E-state index contributed by atoms with van der Waals surface area (Å²) in [5.41, 5.74) is 0. The molecule has 1 aromatic rings. The van der Waals surface area contributed by atoms with Crippen LogP contribution in [0.2, 0.25) is 0 Å². The topological polar surface area (TPSA) is 38.1 Å². The quantitative estimate of drug-likeness (QED) is 0.752. The highest BCUT2D eigenvalue weighted by atomic mass is 16.3. The Labute approximate surface area is 105 Å². The lowest BCUT2D eigenvalue weighted by Crippen LogP contribution is -2.17. The summed E-state index contributed by atoms with van der Waals surface area (Å²) in [6.07, 6.45) is 8.90. The van der Waals surface area contributed by atoms with Crippen LogP contribution in [0.1, 0.15) is 64.8 Å². The van der Waals surface area contributed by atoms with Crippen molar-refractivity contribution in [3.8, 4) is 0 Å². The van der Waals surface area contributed by atoms with Gasteiger partial charge in [0.2, 0.25) is 0 Å². The highest BCUT2D eigenvalue weighted by Gasteiger charge is 2.22. The van der Waals surface area contributed by atoms with E-state index < -0.39 is 6.10 Å². The highest BCUT2D eigenvalue weighted by Crippen LogP contribution is 2.27. The molecule has 0 saturated heterocycles. The first kappa shape index (κ1) is 14.2. The van der Waals surface area contributed by atoms with Crippen LogP contribution < -0.4 is 0 Å². The van der Waals surface area contributed by atoms with Crippen molar-refractivity contribution in [2.24, 2.45) is 5.92 Å². The highest BCUT2D eigenvalue weighted by molar-refractivity contribution is 4.98. The predicted molar refractivity (Wildman–Crippen MR) is 70.8 cm³/mol. The number of aliphatic hydroxyl groups is 1. The van der Waals surface area contributed by atoms with Crippen molar-refractivity contribution < 1.29 is 5.11 Å². The minimum atomic E-state index is -0.409. The molecule has 0 radical (unpaired) electrons. The van der Waals surface area contributed by atoms with Gasteiger partial charge in [0.1, 0.15) is 11.9 Å². The molecule has 0 saturated carbocycles. The Hall–Kier alpha value is -0.830. The summed E-state index contributed by atoms with van der Waals surface area (Å²) in [7, 11) is 0. The Kier molecular flexibility index (Phi) is 6.27. The zero-order valence-electron chi connectivity index (χ0n) is 11.4. The predicted octanol–water partition coefficient (Wildman–Crippen LogP) is 3.54. The smallest absolute Gasteiger partial charge is 0.137 e. The first-order valence-electron chi connectivity index (χ1n) is 6.93. The van der Waals surface area contributed by atoms with Gasteiger partial charge in [0.15, 0.2) is 0 Å². The lowest BCUT2D eigenvalue weighted by atomic mass is 9.93. The number of aryl methyl sites for hydroxylation is 1. The summed E-state index contributed by atoms with van der Waals surface area (Å²) in [5.74, 6) is 1.18. The fraction of sp³-hybridized carbons (Fsp3) is 0.786. The SMILES string of the molecule is CCCCC(CC)C(O)c1nccn1CCC. The summed E-state index contributed by atoms with van der Waals surface area (Å²) < 4.78 is 2.08. The summed E-state index contributed by atoms with van der Waals surface area (Å²) in [4.78, 5) is 4.32. The van der Waals surface area contributed by atoms with Crippen LogP contribution in [0.3, 0.4) is 0 Å². The van der Waals surface area contributed by atoms with E-state index in [4.69, 9.17) is 0 Å². The number of hydrogen-bond donors (Lipinski definition) is 1. The van der Waals surface area contributed by atoms with E-state index >= 15 is 0 Å².